The maximum absolute atomic E-state index is 10.9. The average molecular weight is 570 g/mol. The van der Waals surface area contributed by atoms with Crippen molar-refractivity contribution in [1.29, 1.82) is 0 Å². The van der Waals surface area contributed by atoms with Crippen LogP contribution in [0, 0.1) is 0 Å². The molecule has 39 heavy (non-hydrogen) atoms. The first-order valence-corrected chi connectivity index (χ1v) is 14.6. The number of hydrogen-bond donors (Lipinski definition) is 1. The Labute approximate surface area is 242 Å². The van der Waals surface area contributed by atoms with Gasteiger partial charge in [-0.15, -0.1) is 0 Å². The van der Waals surface area contributed by atoms with E-state index in [1.807, 2.05) is 36.4 Å². The standard InChI is InChI=1S/C32H38Cl2N2O3/c1-35(25-6-4-3-5-7-25)16-12-23(24-8-10-28(33)29(34)20-24)13-17-36-18-14-32(15-19-36)22-30(37)27-21-26(38-2)9-11-31(27)39-32/h3-11,20-21,23,30,37H,12-19,22H2,1-2H3. The summed E-state index contributed by atoms with van der Waals surface area (Å²) in [5.41, 5.74) is 2.98. The summed E-state index contributed by atoms with van der Waals surface area (Å²) in [4.78, 5) is 4.85. The summed E-state index contributed by atoms with van der Waals surface area (Å²) in [6, 6.07) is 22.3. The third kappa shape index (κ3) is 6.66. The number of benzene rings is 3. The van der Waals surface area contributed by atoms with Crippen LogP contribution < -0.4 is 14.4 Å². The van der Waals surface area contributed by atoms with Crippen molar-refractivity contribution in [3.05, 3.63) is 87.9 Å². The quantitative estimate of drug-likeness (QED) is 0.292. The number of halogens is 2. The van der Waals surface area contributed by atoms with Gasteiger partial charge in [-0.2, -0.15) is 0 Å². The highest BCUT2D eigenvalue weighted by atomic mass is 35.5. The Morgan fingerprint density at radius 3 is 2.51 bits per heavy atom. The zero-order valence-corrected chi connectivity index (χ0v) is 24.3. The normalized spacial score (nSPS) is 19.3. The lowest BCUT2D eigenvalue weighted by molar-refractivity contribution is -0.0542. The highest BCUT2D eigenvalue weighted by Crippen LogP contribution is 2.45. The molecule has 0 aromatic heterocycles. The molecule has 208 valence electrons. The molecule has 2 atom stereocenters. The van der Waals surface area contributed by atoms with Crippen molar-refractivity contribution in [3.8, 4) is 11.5 Å². The Morgan fingerprint density at radius 1 is 1.03 bits per heavy atom. The van der Waals surface area contributed by atoms with Gasteiger partial charge in [-0.1, -0.05) is 47.5 Å². The molecule has 0 aliphatic carbocycles. The summed E-state index contributed by atoms with van der Waals surface area (Å²) < 4.78 is 11.9. The molecule has 3 aromatic carbocycles. The molecule has 1 fully saturated rings. The van der Waals surface area contributed by atoms with Crippen LogP contribution in [0.25, 0.3) is 0 Å². The maximum atomic E-state index is 10.9. The number of para-hydroxylation sites is 1. The molecule has 3 aromatic rings. The summed E-state index contributed by atoms with van der Waals surface area (Å²) >= 11 is 12.7. The fourth-order valence-electron chi connectivity index (χ4n) is 5.98. The van der Waals surface area contributed by atoms with Crippen LogP contribution in [0.4, 0.5) is 5.69 Å². The van der Waals surface area contributed by atoms with Gasteiger partial charge in [-0.05, 0) is 86.2 Å². The minimum absolute atomic E-state index is 0.307. The monoisotopic (exact) mass is 568 g/mol. The molecular weight excluding hydrogens is 531 g/mol. The van der Waals surface area contributed by atoms with E-state index in [1.54, 1.807) is 7.11 Å². The zero-order valence-electron chi connectivity index (χ0n) is 22.8. The predicted octanol–water partition coefficient (Wildman–Crippen LogP) is 7.35. The summed E-state index contributed by atoms with van der Waals surface area (Å²) in [5, 5.41) is 12.1. The second-order valence-electron chi connectivity index (χ2n) is 11.0. The average Bonchev–Trinajstić information content (AvgIpc) is 2.96. The Hall–Kier alpha value is -2.44. The molecular formula is C32H38Cl2N2O3. The van der Waals surface area contributed by atoms with Gasteiger partial charge in [0.05, 0.1) is 23.3 Å². The third-order valence-electron chi connectivity index (χ3n) is 8.45. The van der Waals surface area contributed by atoms with Crippen molar-refractivity contribution in [1.82, 2.24) is 4.90 Å². The second-order valence-corrected chi connectivity index (χ2v) is 11.8. The summed E-state index contributed by atoms with van der Waals surface area (Å²) in [5.74, 6) is 1.90. The van der Waals surface area contributed by atoms with Crippen LogP contribution in [0.2, 0.25) is 10.0 Å². The van der Waals surface area contributed by atoms with Crippen LogP contribution in [0.5, 0.6) is 11.5 Å². The first kappa shape index (κ1) is 28.1. The summed E-state index contributed by atoms with van der Waals surface area (Å²) in [6.45, 7) is 3.87. The molecule has 0 radical (unpaired) electrons. The first-order valence-electron chi connectivity index (χ1n) is 13.8. The Morgan fingerprint density at radius 2 is 1.79 bits per heavy atom. The Kier molecular flexibility index (Phi) is 8.92. The van der Waals surface area contributed by atoms with E-state index in [4.69, 9.17) is 32.7 Å². The van der Waals surface area contributed by atoms with Gasteiger partial charge in [-0.3, -0.25) is 0 Å². The largest absolute Gasteiger partial charge is 0.497 e. The molecule has 1 saturated heterocycles. The second kappa shape index (κ2) is 12.4. The lowest BCUT2D eigenvalue weighted by atomic mass is 9.81. The number of nitrogens with zero attached hydrogens (tertiary/aromatic N) is 2. The van der Waals surface area contributed by atoms with Crippen LogP contribution in [0.3, 0.4) is 0 Å². The lowest BCUT2D eigenvalue weighted by Gasteiger charge is -2.46. The first-order chi connectivity index (χ1) is 18.9. The summed E-state index contributed by atoms with van der Waals surface area (Å²) in [6.07, 6.45) is 3.97. The van der Waals surface area contributed by atoms with Crippen LogP contribution in [0.15, 0.2) is 66.7 Å². The smallest absolute Gasteiger partial charge is 0.126 e. The Balaban J connectivity index is 1.20. The minimum Gasteiger partial charge on any atom is -0.497 e. The van der Waals surface area contributed by atoms with Gasteiger partial charge in [-0.25, -0.2) is 0 Å². The SMILES string of the molecule is COc1ccc2c(c1)C(O)CC1(CCN(CCC(CCN(C)c3ccccc3)c3ccc(Cl)c(Cl)c3)CC1)O2. The third-order valence-corrected chi connectivity index (χ3v) is 9.19. The number of ether oxygens (including phenoxy) is 2. The van der Waals surface area contributed by atoms with Crippen molar-refractivity contribution >= 4 is 28.9 Å². The predicted molar refractivity (Wildman–Crippen MR) is 160 cm³/mol. The van der Waals surface area contributed by atoms with Gasteiger partial charge in [0.2, 0.25) is 0 Å². The number of piperidine rings is 1. The van der Waals surface area contributed by atoms with Gasteiger partial charge in [0.15, 0.2) is 0 Å². The van der Waals surface area contributed by atoms with Crippen molar-refractivity contribution in [2.75, 3.05) is 45.2 Å². The maximum Gasteiger partial charge on any atom is 0.126 e. The van der Waals surface area contributed by atoms with Crippen molar-refractivity contribution in [2.24, 2.45) is 0 Å². The van der Waals surface area contributed by atoms with E-state index in [9.17, 15) is 5.11 Å². The highest BCUT2D eigenvalue weighted by Gasteiger charge is 2.43. The van der Waals surface area contributed by atoms with E-state index in [2.05, 4.69) is 47.2 Å². The van der Waals surface area contributed by atoms with Crippen molar-refractivity contribution in [2.45, 2.75) is 49.7 Å². The number of rotatable bonds is 9. The zero-order chi connectivity index (χ0) is 27.4. The molecule has 2 aliphatic heterocycles. The van der Waals surface area contributed by atoms with Gasteiger partial charge in [0, 0.05) is 44.4 Å². The number of anilines is 1. The molecule has 2 heterocycles. The number of hydrogen-bond acceptors (Lipinski definition) is 5. The number of fused-ring (bicyclic) bond motifs is 1. The van der Waals surface area contributed by atoms with E-state index in [0.717, 1.165) is 68.9 Å². The molecule has 2 unspecified atom stereocenters. The van der Waals surface area contributed by atoms with Crippen LogP contribution in [-0.4, -0.2) is 55.9 Å². The number of aliphatic hydroxyl groups excluding tert-OH is 1. The van der Waals surface area contributed by atoms with Crippen LogP contribution >= 0.6 is 23.2 Å². The van der Waals surface area contributed by atoms with Gasteiger partial charge in [0.25, 0.3) is 0 Å². The highest BCUT2D eigenvalue weighted by molar-refractivity contribution is 6.42. The molecule has 1 N–H and O–H groups in total. The Bertz CT molecular complexity index is 1250. The molecule has 0 amide bonds. The molecule has 0 saturated carbocycles. The van der Waals surface area contributed by atoms with E-state index in [1.165, 1.54) is 11.3 Å². The summed E-state index contributed by atoms with van der Waals surface area (Å²) in [7, 11) is 3.79. The number of aliphatic hydroxyl groups is 1. The number of likely N-dealkylation sites (tertiary alicyclic amines) is 1. The van der Waals surface area contributed by atoms with E-state index < -0.39 is 6.10 Å². The van der Waals surface area contributed by atoms with Crippen LogP contribution in [-0.2, 0) is 0 Å². The lowest BCUT2D eigenvalue weighted by Crippen LogP contribution is -2.50. The van der Waals surface area contributed by atoms with Crippen LogP contribution in [0.1, 0.15) is 55.3 Å². The molecule has 1 spiro atoms. The molecule has 5 rings (SSSR count). The van der Waals surface area contributed by atoms with Gasteiger partial charge in [0.1, 0.15) is 17.1 Å². The van der Waals surface area contributed by atoms with E-state index >= 15 is 0 Å². The van der Waals surface area contributed by atoms with E-state index in [-0.39, 0.29) is 5.60 Å². The van der Waals surface area contributed by atoms with Crippen molar-refractivity contribution < 1.29 is 14.6 Å². The van der Waals surface area contributed by atoms with E-state index in [0.29, 0.717) is 22.4 Å². The minimum atomic E-state index is -0.531. The number of methoxy groups -OCH3 is 1. The van der Waals surface area contributed by atoms with Crippen molar-refractivity contribution in [3.63, 3.8) is 0 Å². The molecule has 0 bridgehead atoms. The molecule has 2 aliphatic rings. The topological polar surface area (TPSA) is 45.2 Å². The fraction of sp³-hybridized carbons (Fsp3) is 0.438. The fourth-order valence-corrected chi connectivity index (χ4v) is 6.28. The molecule has 5 nitrogen and oxygen atoms in total. The van der Waals surface area contributed by atoms with Gasteiger partial charge >= 0.3 is 0 Å². The van der Waals surface area contributed by atoms with Gasteiger partial charge < -0.3 is 24.4 Å². The molecule has 7 heteroatoms.